The molecule has 1 aromatic rings. The van der Waals surface area contributed by atoms with Gasteiger partial charge in [0.15, 0.2) is 0 Å². The molecule has 1 heterocycles. The Hall–Kier alpha value is -1.77. The van der Waals surface area contributed by atoms with Gasteiger partial charge in [0.1, 0.15) is 0 Å². The third kappa shape index (κ3) is 2.82. The largest absolute Gasteiger partial charge is 0.434 e. The third-order valence-electron chi connectivity index (χ3n) is 2.96. The number of fused-ring (bicyclic) bond motifs is 1. The zero-order chi connectivity index (χ0) is 15.8. The van der Waals surface area contributed by atoms with Crippen molar-refractivity contribution in [1.29, 1.82) is 0 Å². The zero-order valence-corrected chi connectivity index (χ0v) is 12.3. The van der Waals surface area contributed by atoms with Gasteiger partial charge in [0, 0.05) is 17.0 Å². The number of halogens is 4. The number of hydrogen-bond donors (Lipinski definition) is 2. The van der Waals surface area contributed by atoms with Crippen LogP contribution < -0.4 is 10.6 Å². The number of hydrogen-bond acceptors (Lipinski definition) is 3. The zero-order valence-electron chi connectivity index (χ0n) is 10.7. The molecule has 5 nitrogen and oxygen atoms in total. The molecule has 1 aliphatic heterocycles. The molecule has 114 valence electrons. The minimum absolute atomic E-state index is 0.0165. The molecule has 0 spiro atoms. The van der Waals surface area contributed by atoms with E-state index in [-0.39, 0.29) is 11.3 Å². The standard InChI is InChI=1S/C12H10BrF3N2O3/c1-6(19)17-5-11(12(14,15)16)8-4-7(13)2-3-9(8)18-10(20)21-11/h2-4H,5H2,1H3,(H,17,19)(H,18,20). The van der Waals surface area contributed by atoms with Crippen LogP contribution in [0.2, 0.25) is 0 Å². The maximum Gasteiger partial charge on any atom is 0.434 e. The second kappa shape index (κ2) is 5.21. The molecule has 21 heavy (non-hydrogen) atoms. The van der Waals surface area contributed by atoms with Crippen molar-refractivity contribution in [3.8, 4) is 0 Å². The lowest BCUT2D eigenvalue weighted by molar-refractivity contribution is -0.262. The normalized spacial score (nSPS) is 21.1. The predicted octanol–water partition coefficient (Wildman–Crippen LogP) is 2.90. The monoisotopic (exact) mass is 366 g/mol. The molecule has 1 aliphatic rings. The summed E-state index contributed by atoms with van der Waals surface area (Å²) in [5, 5.41) is 4.27. The number of ether oxygens (including phenoxy) is 1. The number of anilines is 1. The third-order valence-corrected chi connectivity index (χ3v) is 3.46. The SMILES string of the molecule is CC(=O)NCC1(C(F)(F)F)OC(=O)Nc2ccc(Br)cc21. The first-order valence-corrected chi connectivity index (χ1v) is 6.56. The van der Waals surface area contributed by atoms with E-state index < -0.39 is 30.3 Å². The second-order valence-corrected chi connectivity index (χ2v) is 5.35. The molecular weight excluding hydrogens is 357 g/mol. The lowest BCUT2D eigenvalue weighted by Crippen LogP contribution is -2.56. The number of rotatable bonds is 2. The maximum absolute atomic E-state index is 13.6. The van der Waals surface area contributed by atoms with Crippen LogP contribution in [-0.4, -0.2) is 24.7 Å². The molecule has 0 bridgehead atoms. The predicted molar refractivity (Wildman–Crippen MR) is 70.7 cm³/mol. The van der Waals surface area contributed by atoms with Gasteiger partial charge in [-0.2, -0.15) is 13.2 Å². The lowest BCUT2D eigenvalue weighted by atomic mass is 9.89. The summed E-state index contributed by atoms with van der Waals surface area (Å²) in [4.78, 5) is 22.4. The Balaban J connectivity index is 2.61. The number of amides is 2. The number of carbonyl (C=O) groups excluding carboxylic acids is 2. The van der Waals surface area contributed by atoms with Gasteiger partial charge in [-0.1, -0.05) is 15.9 Å². The number of benzene rings is 1. The molecule has 2 amide bonds. The topological polar surface area (TPSA) is 67.4 Å². The quantitative estimate of drug-likeness (QED) is 0.845. The van der Waals surface area contributed by atoms with Gasteiger partial charge in [-0.05, 0) is 18.2 Å². The van der Waals surface area contributed by atoms with Gasteiger partial charge in [0.25, 0.3) is 5.60 Å². The molecule has 1 atom stereocenters. The van der Waals surface area contributed by atoms with Crippen molar-refractivity contribution in [3.05, 3.63) is 28.2 Å². The van der Waals surface area contributed by atoms with E-state index in [1.54, 1.807) is 0 Å². The smallest absolute Gasteiger partial charge is 0.426 e. The van der Waals surface area contributed by atoms with E-state index in [0.717, 1.165) is 6.92 Å². The Bertz CT molecular complexity index is 606. The fourth-order valence-corrected chi connectivity index (χ4v) is 2.36. The van der Waals surface area contributed by atoms with Crippen LogP contribution in [0, 0.1) is 0 Å². The first-order chi connectivity index (χ1) is 9.65. The van der Waals surface area contributed by atoms with Crippen LogP contribution in [-0.2, 0) is 15.1 Å². The van der Waals surface area contributed by atoms with Crippen LogP contribution in [0.1, 0.15) is 12.5 Å². The van der Waals surface area contributed by atoms with Crippen molar-refractivity contribution in [3.63, 3.8) is 0 Å². The van der Waals surface area contributed by atoms with Gasteiger partial charge in [-0.25, -0.2) is 4.79 Å². The highest BCUT2D eigenvalue weighted by Crippen LogP contribution is 2.47. The highest BCUT2D eigenvalue weighted by molar-refractivity contribution is 9.10. The van der Waals surface area contributed by atoms with Crippen molar-refractivity contribution in [2.24, 2.45) is 0 Å². The average molecular weight is 367 g/mol. The van der Waals surface area contributed by atoms with Gasteiger partial charge < -0.3 is 10.1 Å². The van der Waals surface area contributed by atoms with Crippen LogP contribution >= 0.6 is 15.9 Å². The number of cyclic esters (lactones) is 1. The van der Waals surface area contributed by atoms with Crippen molar-refractivity contribution in [2.75, 3.05) is 11.9 Å². The van der Waals surface area contributed by atoms with E-state index in [4.69, 9.17) is 0 Å². The van der Waals surface area contributed by atoms with Crippen LogP contribution in [0.5, 0.6) is 0 Å². The first-order valence-electron chi connectivity index (χ1n) is 5.77. The Morgan fingerprint density at radius 2 is 2.14 bits per heavy atom. The molecule has 1 unspecified atom stereocenters. The van der Waals surface area contributed by atoms with E-state index in [1.807, 2.05) is 0 Å². The van der Waals surface area contributed by atoms with E-state index >= 15 is 0 Å². The minimum atomic E-state index is -4.90. The van der Waals surface area contributed by atoms with Crippen molar-refractivity contribution in [2.45, 2.75) is 18.7 Å². The minimum Gasteiger partial charge on any atom is -0.426 e. The summed E-state index contributed by atoms with van der Waals surface area (Å²) in [7, 11) is 0. The molecule has 1 aromatic carbocycles. The summed E-state index contributed by atoms with van der Waals surface area (Å²) in [6, 6.07) is 4.02. The van der Waals surface area contributed by atoms with E-state index in [2.05, 4.69) is 31.3 Å². The van der Waals surface area contributed by atoms with Crippen LogP contribution in [0.3, 0.4) is 0 Å². The fourth-order valence-electron chi connectivity index (χ4n) is 2.00. The highest BCUT2D eigenvalue weighted by Gasteiger charge is 2.62. The van der Waals surface area contributed by atoms with E-state index in [9.17, 15) is 22.8 Å². The van der Waals surface area contributed by atoms with E-state index in [1.165, 1.54) is 18.2 Å². The van der Waals surface area contributed by atoms with Crippen molar-refractivity contribution >= 4 is 33.6 Å². The van der Waals surface area contributed by atoms with E-state index in [0.29, 0.717) is 4.47 Å². The molecule has 2 N–H and O–H groups in total. The highest BCUT2D eigenvalue weighted by atomic mass is 79.9. The maximum atomic E-state index is 13.6. The summed E-state index contributed by atoms with van der Waals surface area (Å²) in [5.41, 5.74) is -3.23. The summed E-state index contributed by atoms with van der Waals surface area (Å²) in [6.07, 6.45) is -6.13. The number of nitrogens with one attached hydrogen (secondary N) is 2. The average Bonchev–Trinajstić information content (AvgIpc) is 2.35. The van der Waals surface area contributed by atoms with Gasteiger partial charge >= 0.3 is 12.3 Å². The fraction of sp³-hybridized carbons (Fsp3) is 0.333. The van der Waals surface area contributed by atoms with Crippen LogP contribution in [0.15, 0.2) is 22.7 Å². The molecule has 0 aliphatic carbocycles. The van der Waals surface area contributed by atoms with Gasteiger partial charge in [0.2, 0.25) is 5.91 Å². The van der Waals surface area contributed by atoms with Crippen molar-refractivity contribution < 1.29 is 27.5 Å². The van der Waals surface area contributed by atoms with Gasteiger partial charge in [0.05, 0.1) is 12.2 Å². The molecule has 0 radical (unpaired) electrons. The molecule has 0 saturated carbocycles. The number of carbonyl (C=O) groups is 2. The summed E-state index contributed by atoms with van der Waals surface area (Å²) in [6.45, 7) is 0.178. The molecule has 0 saturated heterocycles. The summed E-state index contributed by atoms with van der Waals surface area (Å²) < 4.78 is 45.6. The Morgan fingerprint density at radius 3 is 2.71 bits per heavy atom. The van der Waals surface area contributed by atoms with Crippen LogP contribution in [0.4, 0.5) is 23.7 Å². The van der Waals surface area contributed by atoms with Gasteiger partial charge in [-0.15, -0.1) is 0 Å². The first kappa shape index (κ1) is 15.6. The molecule has 2 rings (SSSR count). The number of alkyl halides is 3. The molecule has 0 fully saturated rings. The van der Waals surface area contributed by atoms with Gasteiger partial charge in [-0.3, -0.25) is 10.1 Å². The Kier molecular flexibility index (Phi) is 3.87. The summed E-state index contributed by atoms with van der Waals surface area (Å²) >= 11 is 3.08. The Labute approximate surface area is 126 Å². The van der Waals surface area contributed by atoms with Crippen LogP contribution in [0.25, 0.3) is 0 Å². The molecule has 9 heteroatoms. The lowest BCUT2D eigenvalue weighted by Gasteiger charge is -2.39. The molecular formula is C12H10BrF3N2O3. The van der Waals surface area contributed by atoms with Crippen molar-refractivity contribution in [1.82, 2.24) is 5.32 Å². The molecule has 0 aromatic heterocycles. The summed E-state index contributed by atoms with van der Waals surface area (Å²) in [5.74, 6) is -0.662. The second-order valence-electron chi connectivity index (χ2n) is 4.44. The Morgan fingerprint density at radius 1 is 1.48 bits per heavy atom.